The molecule has 1 aliphatic carbocycles. The van der Waals surface area contributed by atoms with E-state index in [-0.39, 0.29) is 11.3 Å². The molecule has 7 heteroatoms. The SMILES string of the molecule is N#Cc1cc(Nc2nc3c(s2)CCC3)ccc1[N+](=O)[O-]. The Balaban J connectivity index is 1.87. The molecular weight excluding hydrogens is 276 g/mol. The number of rotatable bonds is 3. The number of nitro groups is 1. The van der Waals surface area contributed by atoms with Gasteiger partial charge in [-0.2, -0.15) is 5.26 Å². The van der Waals surface area contributed by atoms with Crippen LogP contribution in [-0.4, -0.2) is 9.91 Å². The van der Waals surface area contributed by atoms with E-state index in [1.807, 2.05) is 6.07 Å². The first-order valence-corrected chi connectivity index (χ1v) is 6.93. The minimum absolute atomic E-state index is 0.0455. The summed E-state index contributed by atoms with van der Waals surface area (Å²) in [6.45, 7) is 0. The highest BCUT2D eigenvalue weighted by molar-refractivity contribution is 7.15. The molecule has 0 bridgehead atoms. The van der Waals surface area contributed by atoms with Crippen molar-refractivity contribution in [3.8, 4) is 6.07 Å². The van der Waals surface area contributed by atoms with Crippen LogP contribution in [-0.2, 0) is 12.8 Å². The summed E-state index contributed by atoms with van der Waals surface area (Å²) in [6, 6.07) is 6.24. The molecule has 0 atom stereocenters. The summed E-state index contributed by atoms with van der Waals surface area (Å²) in [5, 5.41) is 23.6. The molecule has 0 amide bonds. The van der Waals surface area contributed by atoms with Gasteiger partial charge in [0.1, 0.15) is 11.6 Å². The highest BCUT2D eigenvalue weighted by Crippen LogP contribution is 2.32. The normalized spacial score (nSPS) is 12.8. The number of anilines is 2. The molecule has 1 aliphatic rings. The lowest BCUT2D eigenvalue weighted by Crippen LogP contribution is -1.95. The van der Waals surface area contributed by atoms with Gasteiger partial charge in [0, 0.05) is 16.6 Å². The van der Waals surface area contributed by atoms with E-state index >= 15 is 0 Å². The average molecular weight is 286 g/mol. The predicted molar refractivity (Wildman–Crippen MR) is 75.2 cm³/mol. The van der Waals surface area contributed by atoms with Gasteiger partial charge in [-0.25, -0.2) is 4.98 Å². The molecule has 0 spiro atoms. The Morgan fingerprint density at radius 3 is 3.00 bits per heavy atom. The molecule has 0 fully saturated rings. The molecule has 3 rings (SSSR count). The Morgan fingerprint density at radius 1 is 1.45 bits per heavy atom. The third kappa shape index (κ3) is 2.21. The van der Waals surface area contributed by atoms with Crippen LogP contribution in [0.3, 0.4) is 0 Å². The van der Waals surface area contributed by atoms with E-state index < -0.39 is 4.92 Å². The predicted octanol–water partition coefficient (Wildman–Crippen LogP) is 3.16. The smallest absolute Gasteiger partial charge is 0.287 e. The van der Waals surface area contributed by atoms with Crippen molar-refractivity contribution in [3.05, 3.63) is 44.4 Å². The van der Waals surface area contributed by atoms with E-state index in [4.69, 9.17) is 5.26 Å². The van der Waals surface area contributed by atoms with Gasteiger partial charge in [0.15, 0.2) is 5.13 Å². The number of thiazole rings is 1. The summed E-state index contributed by atoms with van der Waals surface area (Å²) in [5.41, 5.74) is 1.64. The molecule has 100 valence electrons. The van der Waals surface area contributed by atoms with E-state index in [0.717, 1.165) is 30.1 Å². The number of hydrogen-bond donors (Lipinski definition) is 1. The molecule has 20 heavy (non-hydrogen) atoms. The van der Waals surface area contributed by atoms with Gasteiger partial charge in [-0.1, -0.05) is 0 Å². The van der Waals surface area contributed by atoms with Crippen molar-refractivity contribution >= 4 is 27.8 Å². The van der Waals surface area contributed by atoms with Crippen molar-refractivity contribution in [2.75, 3.05) is 5.32 Å². The molecule has 1 heterocycles. The first-order chi connectivity index (χ1) is 9.67. The third-order valence-electron chi connectivity index (χ3n) is 3.16. The van der Waals surface area contributed by atoms with E-state index in [1.165, 1.54) is 17.0 Å². The summed E-state index contributed by atoms with van der Waals surface area (Å²) in [4.78, 5) is 16.0. The first kappa shape index (κ1) is 12.6. The molecule has 6 nitrogen and oxygen atoms in total. The van der Waals surface area contributed by atoms with Gasteiger partial charge in [-0.05, 0) is 31.4 Å². The minimum Gasteiger partial charge on any atom is -0.331 e. The van der Waals surface area contributed by atoms with Crippen LogP contribution in [0.5, 0.6) is 0 Å². The fourth-order valence-electron chi connectivity index (χ4n) is 2.23. The van der Waals surface area contributed by atoms with Gasteiger partial charge in [0.25, 0.3) is 5.69 Å². The number of aromatic nitrogens is 1. The second-order valence-electron chi connectivity index (χ2n) is 4.47. The van der Waals surface area contributed by atoms with Crippen LogP contribution in [0.15, 0.2) is 18.2 Å². The van der Waals surface area contributed by atoms with Gasteiger partial charge in [0.2, 0.25) is 0 Å². The van der Waals surface area contributed by atoms with Crippen LogP contribution >= 0.6 is 11.3 Å². The number of nitrogens with zero attached hydrogens (tertiary/aromatic N) is 3. The van der Waals surface area contributed by atoms with E-state index in [0.29, 0.717) is 5.69 Å². The van der Waals surface area contributed by atoms with Crippen molar-refractivity contribution in [2.24, 2.45) is 0 Å². The standard InChI is InChI=1S/C13H10N4O2S/c14-7-8-6-9(4-5-11(8)17(18)19)15-13-16-10-2-1-3-12(10)20-13/h4-6H,1-3H2,(H,15,16). The van der Waals surface area contributed by atoms with E-state index in [1.54, 1.807) is 17.4 Å². The lowest BCUT2D eigenvalue weighted by molar-refractivity contribution is -0.385. The van der Waals surface area contributed by atoms with Crippen LogP contribution in [0.2, 0.25) is 0 Å². The zero-order chi connectivity index (χ0) is 14.1. The molecule has 0 unspecified atom stereocenters. The maximum Gasteiger partial charge on any atom is 0.287 e. The molecule has 2 aromatic rings. The average Bonchev–Trinajstić information content (AvgIpc) is 2.99. The second-order valence-corrected chi connectivity index (χ2v) is 5.55. The molecule has 1 N–H and O–H groups in total. The minimum atomic E-state index is -0.555. The van der Waals surface area contributed by atoms with Gasteiger partial charge >= 0.3 is 0 Å². The largest absolute Gasteiger partial charge is 0.331 e. The molecule has 0 aliphatic heterocycles. The monoisotopic (exact) mass is 286 g/mol. The fourth-order valence-corrected chi connectivity index (χ4v) is 3.30. The lowest BCUT2D eigenvalue weighted by atomic mass is 10.2. The highest BCUT2D eigenvalue weighted by Gasteiger charge is 2.18. The maximum atomic E-state index is 10.8. The maximum absolute atomic E-state index is 10.8. The lowest BCUT2D eigenvalue weighted by Gasteiger charge is -2.03. The summed E-state index contributed by atoms with van der Waals surface area (Å²) in [7, 11) is 0. The topological polar surface area (TPSA) is 91.8 Å². The molecule has 1 aromatic heterocycles. The number of hydrogen-bond acceptors (Lipinski definition) is 6. The van der Waals surface area contributed by atoms with E-state index in [2.05, 4.69) is 10.3 Å². The van der Waals surface area contributed by atoms with Crippen molar-refractivity contribution < 1.29 is 4.92 Å². The van der Waals surface area contributed by atoms with Crippen molar-refractivity contribution in [1.29, 1.82) is 5.26 Å². The summed E-state index contributed by atoms with van der Waals surface area (Å²) in [6.07, 6.45) is 3.24. The Bertz CT molecular complexity index is 711. The van der Waals surface area contributed by atoms with Crippen LogP contribution < -0.4 is 5.32 Å². The first-order valence-electron chi connectivity index (χ1n) is 6.11. The van der Waals surface area contributed by atoms with Gasteiger partial charge in [-0.15, -0.1) is 11.3 Å². The zero-order valence-corrected chi connectivity index (χ0v) is 11.2. The van der Waals surface area contributed by atoms with Crippen LogP contribution in [0.25, 0.3) is 0 Å². The van der Waals surface area contributed by atoms with Crippen molar-refractivity contribution in [3.63, 3.8) is 0 Å². The third-order valence-corrected chi connectivity index (χ3v) is 4.23. The second kappa shape index (κ2) is 4.90. The van der Waals surface area contributed by atoms with Crippen molar-refractivity contribution in [1.82, 2.24) is 4.98 Å². The van der Waals surface area contributed by atoms with E-state index in [9.17, 15) is 10.1 Å². The van der Waals surface area contributed by atoms with Crippen LogP contribution in [0.1, 0.15) is 22.6 Å². The number of benzene rings is 1. The highest BCUT2D eigenvalue weighted by atomic mass is 32.1. The van der Waals surface area contributed by atoms with Gasteiger partial charge in [0.05, 0.1) is 10.6 Å². The number of fused-ring (bicyclic) bond motifs is 1. The molecule has 0 saturated carbocycles. The van der Waals surface area contributed by atoms with Gasteiger partial charge < -0.3 is 5.32 Å². The molecule has 1 aromatic carbocycles. The Morgan fingerprint density at radius 2 is 2.30 bits per heavy atom. The molecular formula is C13H10N4O2S. The van der Waals surface area contributed by atoms with Crippen LogP contribution in [0, 0.1) is 21.4 Å². The Labute approximate surface area is 118 Å². The quantitative estimate of drug-likeness (QED) is 0.691. The Hall–Kier alpha value is -2.46. The summed E-state index contributed by atoms with van der Waals surface area (Å²) in [5.74, 6) is 0. The zero-order valence-electron chi connectivity index (χ0n) is 10.4. The Kier molecular flexibility index (Phi) is 3.08. The molecule has 0 radical (unpaired) electrons. The number of aryl methyl sites for hydroxylation is 2. The van der Waals surface area contributed by atoms with Gasteiger partial charge in [-0.3, -0.25) is 10.1 Å². The summed E-state index contributed by atoms with van der Waals surface area (Å²) >= 11 is 1.60. The number of nitrogens with one attached hydrogen (secondary N) is 1. The van der Waals surface area contributed by atoms with Crippen LogP contribution in [0.4, 0.5) is 16.5 Å². The number of nitro benzene ring substituents is 1. The fraction of sp³-hybridized carbons (Fsp3) is 0.231. The number of nitriles is 1. The summed E-state index contributed by atoms with van der Waals surface area (Å²) < 4.78 is 0. The van der Waals surface area contributed by atoms with Crippen molar-refractivity contribution in [2.45, 2.75) is 19.3 Å². The molecule has 0 saturated heterocycles.